The first-order valence-corrected chi connectivity index (χ1v) is 10.3. The molecule has 33 heavy (non-hydrogen) atoms. The van der Waals surface area contributed by atoms with Gasteiger partial charge in [-0.05, 0) is 25.1 Å². The Morgan fingerprint density at radius 1 is 1.18 bits per heavy atom. The van der Waals surface area contributed by atoms with Crippen molar-refractivity contribution in [1.29, 1.82) is 0 Å². The number of hydrogen-bond donors (Lipinski definition) is 2. The van der Waals surface area contributed by atoms with Gasteiger partial charge >= 0.3 is 0 Å². The zero-order chi connectivity index (χ0) is 24.0. The first-order chi connectivity index (χ1) is 15.9. The standard InChI is InChI=1S/C24H26FN3O5/c1-15-19(10-11-29)24(31)28(23(27-15)16-6-4-8-18(25)12-16)14-21(30)26-13-17-7-5-9-20(32-2)22(17)33-3/h4-9,12,29H,10-11,13-14H2,1-3H3,(H,26,30). The molecule has 174 valence electrons. The number of carbonyl (C=O) groups excluding carboxylic acids is 1. The van der Waals surface area contributed by atoms with Crippen LogP contribution in [0.1, 0.15) is 16.8 Å². The third-order valence-electron chi connectivity index (χ3n) is 5.18. The van der Waals surface area contributed by atoms with E-state index in [2.05, 4.69) is 10.3 Å². The van der Waals surface area contributed by atoms with Gasteiger partial charge in [-0.2, -0.15) is 0 Å². The van der Waals surface area contributed by atoms with Gasteiger partial charge < -0.3 is 19.9 Å². The number of nitrogens with zero attached hydrogens (tertiary/aromatic N) is 2. The highest BCUT2D eigenvalue weighted by Gasteiger charge is 2.18. The molecule has 0 atom stereocenters. The van der Waals surface area contributed by atoms with Crippen molar-refractivity contribution in [1.82, 2.24) is 14.9 Å². The predicted molar refractivity (Wildman–Crippen MR) is 121 cm³/mol. The van der Waals surface area contributed by atoms with Gasteiger partial charge in [0.2, 0.25) is 5.91 Å². The molecule has 0 unspecified atom stereocenters. The maximum atomic E-state index is 13.8. The minimum Gasteiger partial charge on any atom is -0.493 e. The fraction of sp³-hybridized carbons (Fsp3) is 0.292. The van der Waals surface area contributed by atoms with Crippen molar-refractivity contribution in [2.24, 2.45) is 0 Å². The Balaban J connectivity index is 1.93. The molecular weight excluding hydrogens is 429 g/mol. The summed E-state index contributed by atoms with van der Waals surface area (Å²) < 4.78 is 25.7. The van der Waals surface area contributed by atoms with E-state index in [0.29, 0.717) is 33.9 Å². The summed E-state index contributed by atoms with van der Waals surface area (Å²) in [5, 5.41) is 12.1. The minimum absolute atomic E-state index is 0.101. The molecule has 9 heteroatoms. The summed E-state index contributed by atoms with van der Waals surface area (Å²) in [6.45, 7) is 1.22. The molecule has 2 N–H and O–H groups in total. The lowest BCUT2D eigenvalue weighted by Crippen LogP contribution is -2.35. The summed E-state index contributed by atoms with van der Waals surface area (Å²) in [6, 6.07) is 11.0. The predicted octanol–water partition coefficient (Wildman–Crippen LogP) is 2.23. The molecule has 0 fully saturated rings. The van der Waals surface area contributed by atoms with E-state index in [1.54, 1.807) is 31.2 Å². The first kappa shape index (κ1) is 23.9. The number of aromatic nitrogens is 2. The molecule has 8 nitrogen and oxygen atoms in total. The number of amides is 1. The normalized spacial score (nSPS) is 10.7. The van der Waals surface area contributed by atoms with Gasteiger partial charge in [-0.25, -0.2) is 9.37 Å². The highest BCUT2D eigenvalue weighted by molar-refractivity contribution is 5.76. The second-order valence-electron chi connectivity index (χ2n) is 7.30. The number of nitrogens with one attached hydrogen (secondary N) is 1. The largest absolute Gasteiger partial charge is 0.493 e. The van der Waals surface area contributed by atoms with E-state index < -0.39 is 17.3 Å². The van der Waals surface area contributed by atoms with E-state index in [9.17, 15) is 19.1 Å². The molecule has 3 aromatic rings. The smallest absolute Gasteiger partial charge is 0.257 e. The number of aliphatic hydroxyl groups excluding tert-OH is 1. The van der Waals surface area contributed by atoms with Crippen LogP contribution in [-0.4, -0.2) is 41.4 Å². The molecule has 1 heterocycles. The van der Waals surface area contributed by atoms with Crippen molar-refractivity contribution < 1.29 is 23.8 Å². The van der Waals surface area contributed by atoms with Crippen molar-refractivity contribution in [3.8, 4) is 22.9 Å². The Kier molecular flexibility index (Phi) is 7.78. The van der Waals surface area contributed by atoms with Crippen molar-refractivity contribution in [3.63, 3.8) is 0 Å². The summed E-state index contributed by atoms with van der Waals surface area (Å²) in [5.41, 5.74) is 1.34. The van der Waals surface area contributed by atoms with Gasteiger partial charge in [0, 0.05) is 42.0 Å². The number of ether oxygens (including phenoxy) is 2. The molecule has 0 aliphatic rings. The Morgan fingerprint density at radius 2 is 1.94 bits per heavy atom. The third-order valence-corrected chi connectivity index (χ3v) is 5.18. The first-order valence-electron chi connectivity index (χ1n) is 10.3. The second-order valence-corrected chi connectivity index (χ2v) is 7.30. The van der Waals surface area contributed by atoms with Crippen LogP contribution in [0.5, 0.6) is 11.5 Å². The maximum absolute atomic E-state index is 13.8. The number of carbonyl (C=O) groups is 1. The molecule has 0 aliphatic heterocycles. The van der Waals surface area contributed by atoms with Crippen LogP contribution >= 0.6 is 0 Å². The lowest BCUT2D eigenvalue weighted by Gasteiger charge is -2.16. The Hall–Kier alpha value is -3.72. The SMILES string of the molecule is COc1cccc(CNC(=O)Cn2c(-c3cccc(F)c3)nc(C)c(CCO)c2=O)c1OC. The number of aliphatic hydroxyl groups is 1. The fourth-order valence-corrected chi connectivity index (χ4v) is 3.58. The van der Waals surface area contributed by atoms with Gasteiger partial charge in [0.15, 0.2) is 11.5 Å². The molecule has 0 bridgehead atoms. The van der Waals surface area contributed by atoms with E-state index in [1.165, 1.54) is 37.0 Å². The monoisotopic (exact) mass is 455 g/mol. The van der Waals surface area contributed by atoms with Gasteiger partial charge in [-0.15, -0.1) is 0 Å². The Bertz CT molecular complexity index is 1210. The van der Waals surface area contributed by atoms with E-state index in [-0.39, 0.29) is 31.9 Å². The van der Waals surface area contributed by atoms with E-state index in [4.69, 9.17) is 9.47 Å². The summed E-state index contributed by atoms with van der Waals surface area (Å²) in [4.78, 5) is 30.4. The molecule has 0 saturated carbocycles. The summed E-state index contributed by atoms with van der Waals surface area (Å²) in [6.07, 6.45) is 0.101. The van der Waals surface area contributed by atoms with Crippen molar-refractivity contribution in [2.45, 2.75) is 26.4 Å². The lowest BCUT2D eigenvalue weighted by atomic mass is 10.1. The number of aryl methyl sites for hydroxylation is 1. The quantitative estimate of drug-likeness (QED) is 0.513. The van der Waals surface area contributed by atoms with Crippen LogP contribution < -0.4 is 20.3 Å². The molecule has 0 saturated heterocycles. The van der Waals surface area contributed by atoms with Gasteiger partial charge in [0.1, 0.15) is 18.2 Å². The number of halogens is 1. The average molecular weight is 455 g/mol. The van der Waals surface area contributed by atoms with Crippen LogP contribution in [0.3, 0.4) is 0 Å². The zero-order valence-electron chi connectivity index (χ0n) is 18.7. The highest BCUT2D eigenvalue weighted by Crippen LogP contribution is 2.30. The number of hydrogen-bond acceptors (Lipinski definition) is 6. The van der Waals surface area contributed by atoms with Gasteiger partial charge in [0.25, 0.3) is 5.56 Å². The number of para-hydroxylation sites is 1. The van der Waals surface area contributed by atoms with Gasteiger partial charge in [0.05, 0.1) is 14.2 Å². The van der Waals surface area contributed by atoms with Crippen LogP contribution in [0.15, 0.2) is 47.3 Å². The van der Waals surface area contributed by atoms with Crippen molar-refractivity contribution in [3.05, 3.63) is 75.5 Å². The van der Waals surface area contributed by atoms with Crippen LogP contribution in [0.4, 0.5) is 4.39 Å². The number of methoxy groups -OCH3 is 2. The molecule has 0 radical (unpaired) electrons. The van der Waals surface area contributed by atoms with E-state index >= 15 is 0 Å². The molecule has 0 aliphatic carbocycles. The second kappa shape index (κ2) is 10.7. The van der Waals surface area contributed by atoms with Crippen LogP contribution in [0.25, 0.3) is 11.4 Å². The lowest BCUT2D eigenvalue weighted by molar-refractivity contribution is -0.121. The molecular formula is C24H26FN3O5. The van der Waals surface area contributed by atoms with Crippen LogP contribution in [-0.2, 0) is 24.3 Å². The zero-order valence-corrected chi connectivity index (χ0v) is 18.7. The average Bonchev–Trinajstić information content (AvgIpc) is 2.81. The summed E-state index contributed by atoms with van der Waals surface area (Å²) in [7, 11) is 3.03. The summed E-state index contributed by atoms with van der Waals surface area (Å²) in [5.74, 6) is 0.276. The van der Waals surface area contributed by atoms with Crippen molar-refractivity contribution in [2.75, 3.05) is 20.8 Å². The topological polar surface area (TPSA) is 103 Å². The third kappa shape index (κ3) is 5.38. The fourth-order valence-electron chi connectivity index (χ4n) is 3.58. The molecule has 3 rings (SSSR count). The van der Waals surface area contributed by atoms with Gasteiger partial charge in [-0.1, -0.05) is 24.3 Å². The van der Waals surface area contributed by atoms with Gasteiger partial charge in [-0.3, -0.25) is 14.2 Å². The Labute approximate surface area is 190 Å². The minimum atomic E-state index is -0.486. The van der Waals surface area contributed by atoms with Crippen LogP contribution in [0, 0.1) is 12.7 Å². The van der Waals surface area contributed by atoms with E-state index in [1.807, 2.05) is 0 Å². The highest BCUT2D eigenvalue weighted by atomic mass is 19.1. The van der Waals surface area contributed by atoms with Crippen LogP contribution in [0.2, 0.25) is 0 Å². The molecule has 1 amide bonds. The molecule has 0 spiro atoms. The number of benzene rings is 2. The Morgan fingerprint density at radius 3 is 2.61 bits per heavy atom. The maximum Gasteiger partial charge on any atom is 0.257 e. The van der Waals surface area contributed by atoms with E-state index in [0.717, 1.165) is 0 Å². The molecule has 2 aromatic carbocycles. The summed E-state index contributed by atoms with van der Waals surface area (Å²) >= 11 is 0. The molecule has 1 aromatic heterocycles. The van der Waals surface area contributed by atoms with Crippen molar-refractivity contribution >= 4 is 5.91 Å². The number of rotatable bonds is 9.